The Kier molecular flexibility index (Phi) is 4.59. The van der Waals surface area contributed by atoms with Crippen LogP contribution in [0.5, 0.6) is 5.75 Å². The third kappa shape index (κ3) is 2.94. The van der Waals surface area contributed by atoms with Crippen molar-refractivity contribution in [3.63, 3.8) is 0 Å². The number of anilines is 1. The molecule has 0 aliphatic heterocycles. The molecule has 0 saturated carbocycles. The zero-order chi connectivity index (χ0) is 13.8. The molecule has 0 aromatic heterocycles. The molecule has 1 aromatic carbocycles. The molecule has 0 heterocycles. The van der Waals surface area contributed by atoms with Crippen LogP contribution in [0, 0.1) is 5.41 Å². The van der Waals surface area contributed by atoms with Gasteiger partial charge in [0.25, 0.3) is 0 Å². The van der Waals surface area contributed by atoms with Gasteiger partial charge >= 0.3 is 5.97 Å². The summed E-state index contributed by atoms with van der Waals surface area (Å²) in [5.74, 6) is -0.0180. The highest BCUT2D eigenvalue weighted by Gasteiger charge is 2.32. The van der Waals surface area contributed by atoms with E-state index in [4.69, 9.17) is 4.74 Å². The van der Waals surface area contributed by atoms with Gasteiger partial charge in [-0.1, -0.05) is 19.1 Å². The molecular weight excluding hydrogens is 230 g/mol. The van der Waals surface area contributed by atoms with Gasteiger partial charge in [-0.25, -0.2) is 0 Å². The number of carboxylic acid groups (broad SMARTS) is 1. The monoisotopic (exact) mass is 251 g/mol. The highest BCUT2D eigenvalue weighted by atomic mass is 16.5. The number of aliphatic carboxylic acids is 1. The minimum Gasteiger partial charge on any atom is -0.495 e. The van der Waals surface area contributed by atoms with Crippen LogP contribution in [-0.2, 0) is 4.79 Å². The van der Waals surface area contributed by atoms with Gasteiger partial charge in [0, 0.05) is 13.6 Å². The molecular formula is C14H21NO3. The summed E-state index contributed by atoms with van der Waals surface area (Å²) in [7, 11) is 3.50. The third-order valence-electron chi connectivity index (χ3n) is 3.38. The first-order chi connectivity index (χ1) is 8.44. The van der Waals surface area contributed by atoms with Crippen molar-refractivity contribution >= 4 is 11.7 Å². The zero-order valence-electron chi connectivity index (χ0n) is 11.4. The highest BCUT2D eigenvalue weighted by molar-refractivity contribution is 5.75. The number of para-hydroxylation sites is 2. The molecule has 0 aliphatic carbocycles. The third-order valence-corrected chi connectivity index (χ3v) is 3.38. The van der Waals surface area contributed by atoms with E-state index in [1.165, 1.54) is 0 Å². The summed E-state index contributed by atoms with van der Waals surface area (Å²) < 4.78 is 5.29. The van der Waals surface area contributed by atoms with E-state index in [1.807, 2.05) is 43.1 Å². The van der Waals surface area contributed by atoms with E-state index in [9.17, 15) is 9.90 Å². The van der Waals surface area contributed by atoms with Crippen LogP contribution < -0.4 is 9.64 Å². The van der Waals surface area contributed by atoms with E-state index < -0.39 is 11.4 Å². The van der Waals surface area contributed by atoms with Gasteiger partial charge in [0.2, 0.25) is 0 Å². The zero-order valence-corrected chi connectivity index (χ0v) is 11.4. The number of nitrogens with zero attached hydrogens (tertiary/aromatic N) is 1. The Morgan fingerprint density at radius 2 is 2.06 bits per heavy atom. The molecule has 100 valence electrons. The largest absolute Gasteiger partial charge is 0.495 e. The maximum atomic E-state index is 11.3. The molecule has 0 bridgehead atoms. The first-order valence-corrected chi connectivity index (χ1v) is 6.02. The molecule has 0 amide bonds. The quantitative estimate of drug-likeness (QED) is 0.844. The molecule has 1 unspecified atom stereocenters. The van der Waals surface area contributed by atoms with Crippen LogP contribution in [0.2, 0.25) is 0 Å². The van der Waals surface area contributed by atoms with Crippen molar-refractivity contribution < 1.29 is 14.6 Å². The van der Waals surface area contributed by atoms with Gasteiger partial charge in [0.05, 0.1) is 18.2 Å². The lowest BCUT2D eigenvalue weighted by atomic mass is 9.87. The fraction of sp³-hybridized carbons (Fsp3) is 0.500. The minimum atomic E-state index is -0.772. The number of carboxylic acids is 1. The number of hydrogen-bond donors (Lipinski definition) is 1. The molecule has 18 heavy (non-hydrogen) atoms. The lowest BCUT2D eigenvalue weighted by molar-refractivity contribution is -0.147. The maximum absolute atomic E-state index is 11.3. The van der Waals surface area contributed by atoms with Crippen molar-refractivity contribution in [2.45, 2.75) is 20.3 Å². The van der Waals surface area contributed by atoms with Crippen LogP contribution in [0.4, 0.5) is 5.69 Å². The first-order valence-electron chi connectivity index (χ1n) is 6.02. The van der Waals surface area contributed by atoms with Gasteiger partial charge in [0.1, 0.15) is 5.75 Å². The number of benzene rings is 1. The first kappa shape index (κ1) is 14.4. The standard InChI is InChI=1S/C14H21NO3/c1-5-14(2,13(16)17)10-15(3)11-8-6-7-9-12(11)18-4/h6-9H,5,10H2,1-4H3,(H,16,17). The lowest BCUT2D eigenvalue weighted by Gasteiger charge is -2.31. The van der Waals surface area contributed by atoms with Crippen LogP contribution in [0.15, 0.2) is 24.3 Å². The number of ether oxygens (including phenoxy) is 1. The van der Waals surface area contributed by atoms with E-state index in [0.29, 0.717) is 13.0 Å². The molecule has 1 N–H and O–H groups in total. The normalized spacial score (nSPS) is 13.8. The summed E-state index contributed by atoms with van der Waals surface area (Å²) >= 11 is 0. The van der Waals surface area contributed by atoms with Gasteiger partial charge in [-0.2, -0.15) is 0 Å². The van der Waals surface area contributed by atoms with E-state index >= 15 is 0 Å². The Balaban J connectivity index is 2.94. The fourth-order valence-corrected chi connectivity index (χ4v) is 1.88. The summed E-state index contributed by atoms with van der Waals surface area (Å²) in [5.41, 5.74) is 0.149. The summed E-state index contributed by atoms with van der Waals surface area (Å²) in [6.07, 6.45) is 0.585. The van der Waals surface area contributed by atoms with Crippen molar-refractivity contribution in [1.29, 1.82) is 0 Å². The molecule has 1 atom stereocenters. The second kappa shape index (κ2) is 5.76. The maximum Gasteiger partial charge on any atom is 0.311 e. The van der Waals surface area contributed by atoms with Crippen molar-refractivity contribution in [2.24, 2.45) is 5.41 Å². The van der Waals surface area contributed by atoms with Gasteiger partial charge in [-0.05, 0) is 25.5 Å². The molecule has 0 aliphatic rings. The number of hydrogen-bond acceptors (Lipinski definition) is 3. The predicted molar refractivity (Wildman–Crippen MR) is 72.3 cm³/mol. The average molecular weight is 251 g/mol. The van der Waals surface area contributed by atoms with Crippen molar-refractivity contribution in [3.05, 3.63) is 24.3 Å². The predicted octanol–water partition coefficient (Wildman–Crippen LogP) is 2.63. The molecule has 4 heteroatoms. The Hall–Kier alpha value is -1.71. The molecule has 0 fully saturated rings. The smallest absolute Gasteiger partial charge is 0.311 e. The van der Waals surface area contributed by atoms with Crippen molar-refractivity contribution in [3.8, 4) is 5.75 Å². The second-order valence-electron chi connectivity index (χ2n) is 4.75. The van der Waals surface area contributed by atoms with Crippen LogP contribution in [-0.4, -0.2) is 31.8 Å². The highest BCUT2D eigenvalue weighted by Crippen LogP contribution is 2.30. The Morgan fingerprint density at radius 1 is 1.44 bits per heavy atom. The Morgan fingerprint density at radius 3 is 2.56 bits per heavy atom. The SMILES string of the molecule is CCC(C)(CN(C)c1ccccc1OC)C(=O)O. The number of methoxy groups -OCH3 is 1. The number of carbonyl (C=O) groups is 1. The molecule has 0 spiro atoms. The van der Waals surface area contributed by atoms with Crippen LogP contribution in [0.1, 0.15) is 20.3 Å². The summed E-state index contributed by atoms with van der Waals surface area (Å²) in [4.78, 5) is 13.2. The van der Waals surface area contributed by atoms with Crippen molar-refractivity contribution in [1.82, 2.24) is 0 Å². The van der Waals surface area contributed by atoms with Crippen LogP contribution >= 0.6 is 0 Å². The molecule has 1 rings (SSSR count). The van der Waals surface area contributed by atoms with Gasteiger partial charge < -0.3 is 14.7 Å². The van der Waals surface area contributed by atoms with Crippen LogP contribution in [0.3, 0.4) is 0 Å². The summed E-state index contributed by atoms with van der Waals surface area (Å²) in [5, 5.41) is 9.30. The summed E-state index contributed by atoms with van der Waals surface area (Å²) in [6, 6.07) is 7.61. The molecule has 0 radical (unpaired) electrons. The fourth-order valence-electron chi connectivity index (χ4n) is 1.88. The van der Waals surface area contributed by atoms with Crippen molar-refractivity contribution in [2.75, 3.05) is 25.6 Å². The number of rotatable bonds is 6. The molecule has 1 aromatic rings. The van der Waals surface area contributed by atoms with Crippen LogP contribution in [0.25, 0.3) is 0 Å². The van der Waals surface area contributed by atoms with Gasteiger partial charge in [0.15, 0.2) is 0 Å². The van der Waals surface area contributed by atoms with E-state index in [-0.39, 0.29) is 0 Å². The topological polar surface area (TPSA) is 49.8 Å². The second-order valence-corrected chi connectivity index (χ2v) is 4.75. The van der Waals surface area contributed by atoms with Gasteiger partial charge in [-0.3, -0.25) is 4.79 Å². The van der Waals surface area contributed by atoms with E-state index in [0.717, 1.165) is 11.4 Å². The van der Waals surface area contributed by atoms with Gasteiger partial charge in [-0.15, -0.1) is 0 Å². The minimum absolute atomic E-state index is 0.444. The van der Waals surface area contributed by atoms with E-state index in [1.54, 1.807) is 14.0 Å². The molecule has 4 nitrogen and oxygen atoms in total. The average Bonchev–Trinajstić information content (AvgIpc) is 2.38. The summed E-state index contributed by atoms with van der Waals surface area (Å²) in [6.45, 7) is 4.10. The van der Waals surface area contributed by atoms with E-state index in [2.05, 4.69) is 0 Å². The lowest BCUT2D eigenvalue weighted by Crippen LogP contribution is -2.39. The molecule has 0 saturated heterocycles. The Bertz CT molecular complexity index is 419. The Labute approximate surface area is 108 Å².